The maximum atomic E-state index is 13.1. The largest absolute Gasteiger partial charge is 0.416 e. The maximum absolute atomic E-state index is 13.1. The van der Waals surface area contributed by atoms with Crippen molar-refractivity contribution in [2.45, 2.75) is 0 Å². The van der Waals surface area contributed by atoms with Crippen LogP contribution in [0.2, 0.25) is 0 Å². The van der Waals surface area contributed by atoms with E-state index in [9.17, 15) is 14.4 Å². The number of fused-ring (bicyclic) bond motifs is 1. The van der Waals surface area contributed by atoms with Crippen LogP contribution in [0.25, 0.3) is 21.9 Å². The first-order chi connectivity index (χ1) is 14.1. The third-order valence-corrected chi connectivity index (χ3v) is 4.55. The van der Waals surface area contributed by atoms with Crippen LogP contribution in [0.3, 0.4) is 0 Å². The van der Waals surface area contributed by atoms with Gasteiger partial charge in [-0.25, -0.2) is 4.79 Å². The maximum Gasteiger partial charge on any atom is 0.344 e. The normalized spacial score (nSPS) is 10.6. The molecule has 0 radical (unpaired) electrons. The van der Waals surface area contributed by atoms with Crippen LogP contribution in [0.1, 0.15) is 20.9 Å². The summed E-state index contributed by atoms with van der Waals surface area (Å²) >= 11 is 0. The molecule has 0 fully saturated rings. The molecular weight excluding hydrogens is 368 g/mol. The number of amides is 2. The second-order valence-corrected chi connectivity index (χ2v) is 6.37. The average Bonchev–Trinajstić information content (AvgIpc) is 2.74. The lowest BCUT2D eigenvalue weighted by atomic mass is 9.98. The molecule has 0 aliphatic rings. The van der Waals surface area contributed by atoms with Gasteiger partial charge < -0.3 is 15.5 Å². The molecule has 2 amide bonds. The summed E-state index contributed by atoms with van der Waals surface area (Å²) < 4.78 is 5.43. The van der Waals surface area contributed by atoms with Gasteiger partial charge in [0.15, 0.2) is 0 Å². The summed E-state index contributed by atoms with van der Waals surface area (Å²) in [6.07, 6.45) is 0. The minimum absolute atomic E-state index is 0.140. The number of carbonyl (C=O) groups is 2. The SMILES string of the molecule is NC(=O)c1ccccc1NC(=O)c1oc(=O)c2ccccc2c1-c1ccccc1. The van der Waals surface area contributed by atoms with E-state index in [0.717, 1.165) is 5.56 Å². The minimum Gasteiger partial charge on any atom is -0.416 e. The zero-order chi connectivity index (χ0) is 20.4. The second-order valence-electron chi connectivity index (χ2n) is 6.37. The van der Waals surface area contributed by atoms with Gasteiger partial charge >= 0.3 is 5.63 Å². The number of primary amides is 1. The van der Waals surface area contributed by atoms with Crippen LogP contribution in [0.4, 0.5) is 5.69 Å². The number of hydrogen-bond acceptors (Lipinski definition) is 4. The van der Waals surface area contributed by atoms with Crippen LogP contribution in [-0.2, 0) is 0 Å². The van der Waals surface area contributed by atoms with E-state index < -0.39 is 17.4 Å². The Balaban J connectivity index is 1.91. The van der Waals surface area contributed by atoms with E-state index in [1.807, 2.05) is 30.3 Å². The number of benzene rings is 3. The van der Waals surface area contributed by atoms with Crippen molar-refractivity contribution in [1.29, 1.82) is 0 Å². The molecule has 3 N–H and O–H groups in total. The molecule has 1 aromatic heterocycles. The molecule has 0 aliphatic carbocycles. The number of para-hydroxylation sites is 1. The molecule has 29 heavy (non-hydrogen) atoms. The van der Waals surface area contributed by atoms with E-state index in [1.165, 1.54) is 6.07 Å². The molecule has 3 aromatic carbocycles. The third-order valence-electron chi connectivity index (χ3n) is 4.55. The molecule has 0 saturated carbocycles. The van der Waals surface area contributed by atoms with Crippen LogP contribution in [0, 0.1) is 0 Å². The zero-order valence-corrected chi connectivity index (χ0v) is 15.2. The molecule has 142 valence electrons. The highest BCUT2D eigenvalue weighted by Gasteiger charge is 2.22. The molecule has 6 heteroatoms. The van der Waals surface area contributed by atoms with Gasteiger partial charge in [0.05, 0.1) is 16.6 Å². The van der Waals surface area contributed by atoms with Crippen molar-refractivity contribution in [2.24, 2.45) is 5.73 Å². The van der Waals surface area contributed by atoms with Crippen LogP contribution in [0.15, 0.2) is 88.1 Å². The predicted molar refractivity (Wildman–Crippen MR) is 111 cm³/mol. The van der Waals surface area contributed by atoms with Gasteiger partial charge in [0, 0.05) is 10.9 Å². The second kappa shape index (κ2) is 7.44. The van der Waals surface area contributed by atoms with Crippen molar-refractivity contribution in [2.75, 3.05) is 5.32 Å². The van der Waals surface area contributed by atoms with Crippen LogP contribution >= 0.6 is 0 Å². The molecule has 4 aromatic rings. The van der Waals surface area contributed by atoms with Crippen LogP contribution in [-0.4, -0.2) is 11.8 Å². The standard InChI is InChI=1S/C23H16N2O4/c24-21(26)17-12-6-7-13-18(17)25-22(27)20-19(14-8-2-1-3-9-14)15-10-4-5-11-16(15)23(28)29-20/h1-13H,(H2,24,26)(H,25,27). The van der Waals surface area contributed by atoms with Gasteiger partial charge in [-0.1, -0.05) is 60.7 Å². The van der Waals surface area contributed by atoms with Gasteiger partial charge in [0.1, 0.15) is 0 Å². The molecule has 0 unspecified atom stereocenters. The number of carbonyl (C=O) groups excluding carboxylic acids is 2. The molecule has 0 atom stereocenters. The topological polar surface area (TPSA) is 102 Å². The Morgan fingerprint density at radius 1 is 0.793 bits per heavy atom. The van der Waals surface area contributed by atoms with Gasteiger partial charge in [-0.3, -0.25) is 9.59 Å². The Morgan fingerprint density at radius 3 is 2.14 bits per heavy atom. The molecule has 6 nitrogen and oxygen atoms in total. The van der Waals surface area contributed by atoms with Crippen LogP contribution < -0.4 is 16.7 Å². The average molecular weight is 384 g/mol. The summed E-state index contributed by atoms with van der Waals surface area (Å²) in [6, 6.07) is 22.5. The number of hydrogen-bond donors (Lipinski definition) is 2. The van der Waals surface area contributed by atoms with E-state index >= 15 is 0 Å². The lowest BCUT2D eigenvalue weighted by molar-refractivity contribution is 0.0994. The van der Waals surface area contributed by atoms with Crippen LogP contribution in [0.5, 0.6) is 0 Å². The van der Waals surface area contributed by atoms with Crippen molar-refractivity contribution in [3.63, 3.8) is 0 Å². The summed E-state index contributed by atoms with van der Waals surface area (Å²) in [5, 5.41) is 3.61. The van der Waals surface area contributed by atoms with E-state index in [2.05, 4.69) is 5.32 Å². The molecule has 1 heterocycles. The van der Waals surface area contributed by atoms with E-state index in [4.69, 9.17) is 10.2 Å². The molecule has 0 spiro atoms. The Morgan fingerprint density at radius 2 is 1.41 bits per heavy atom. The Hall–Kier alpha value is -4.19. The molecule has 0 bridgehead atoms. The van der Waals surface area contributed by atoms with Crippen molar-refractivity contribution in [3.05, 3.63) is 101 Å². The molecule has 0 saturated heterocycles. The highest BCUT2D eigenvalue weighted by molar-refractivity contribution is 6.13. The number of rotatable bonds is 4. The fraction of sp³-hybridized carbons (Fsp3) is 0. The van der Waals surface area contributed by atoms with Crippen molar-refractivity contribution < 1.29 is 14.0 Å². The minimum atomic E-state index is -0.677. The number of anilines is 1. The summed E-state index contributed by atoms with van der Waals surface area (Å²) in [5.41, 5.74) is 6.38. The van der Waals surface area contributed by atoms with Gasteiger partial charge in [0.2, 0.25) is 5.76 Å². The van der Waals surface area contributed by atoms with Crippen molar-refractivity contribution in [1.82, 2.24) is 0 Å². The van der Waals surface area contributed by atoms with Crippen molar-refractivity contribution >= 4 is 28.3 Å². The predicted octanol–water partition coefficient (Wildman–Crippen LogP) is 3.81. The van der Waals surface area contributed by atoms with E-state index in [-0.39, 0.29) is 17.0 Å². The highest BCUT2D eigenvalue weighted by Crippen LogP contribution is 2.31. The highest BCUT2D eigenvalue weighted by atomic mass is 16.4. The van der Waals surface area contributed by atoms with E-state index in [1.54, 1.807) is 42.5 Å². The Labute approximate surface area is 165 Å². The monoisotopic (exact) mass is 384 g/mol. The Bertz CT molecular complexity index is 1290. The molecular formula is C23H16N2O4. The first-order valence-corrected chi connectivity index (χ1v) is 8.87. The summed E-state index contributed by atoms with van der Waals surface area (Å²) in [6.45, 7) is 0. The van der Waals surface area contributed by atoms with Gasteiger partial charge in [-0.2, -0.15) is 0 Å². The smallest absolute Gasteiger partial charge is 0.344 e. The molecule has 0 aliphatic heterocycles. The number of nitrogens with two attached hydrogens (primary N) is 1. The number of nitrogens with one attached hydrogen (secondary N) is 1. The summed E-state index contributed by atoms with van der Waals surface area (Å²) in [7, 11) is 0. The summed E-state index contributed by atoms with van der Waals surface area (Å²) in [5.74, 6) is -1.47. The van der Waals surface area contributed by atoms with Gasteiger partial charge in [-0.15, -0.1) is 0 Å². The van der Waals surface area contributed by atoms with Gasteiger partial charge in [-0.05, 0) is 23.8 Å². The lowest BCUT2D eigenvalue weighted by Gasteiger charge is -2.13. The zero-order valence-electron chi connectivity index (χ0n) is 15.2. The van der Waals surface area contributed by atoms with E-state index in [0.29, 0.717) is 16.3 Å². The first-order valence-electron chi connectivity index (χ1n) is 8.87. The fourth-order valence-electron chi connectivity index (χ4n) is 3.24. The Kier molecular flexibility index (Phi) is 4.66. The quantitative estimate of drug-likeness (QED) is 0.558. The molecule has 4 rings (SSSR count). The van der Waals surface area contributed by atoms with Gasteiger partial charge in [0.25, 0.3) is 11.8 Å². The lowest BCUT2D eigenvalue weighted by Crippen LogP contribution is -2.20. The summed E-state index contributed by atoms with van der Waals surface area (Å²) in [4.78, 5) is 37.2. The third kappa shape index (κ3) is 3.39. The fourth-order valence-corrected chi connectivity index (χ4v) is 3.24. The van der Waals surface area contributed by atoms with Crippen molar-refractivity contribution in [3.8, 4) is 11.1 Å². The first kappa shape index (κ1) is 18.2.